The van der Waals surface area contributed by atoms with Crippen molar-refractivity contribution >= 4 is 11.3 Å². The van der Waals surface area contributed by atoms with Crippen molar-refractivity contribution in [2.75, 3.05) is 11.7 Å². The van der Waals surface area contributed by atoms with Gasteiger partial charge in [-0.25, -0.2) is 5.06 Å². The van der Waals surface area contributed by atoms with E-state index in [0.29, 0.717) is 6.61 Å². The summed E-state index contributed by atoms with van der Waals surface area (Å²) in [5.74, 6) is 0. The molecule has 0 spiro atoms. The van der Waals surface area contributed by atoms with Crippen molar-refractivity contribution < 1.29 is 4.84 Å². The summed E-state index contributed by atoms with van der Waals surface area (Å²) in [6.07, 6.45) is 2.17. The Labute approximate surface area is 113 Å². The van der Waals surface area contributed by atoms with Gasteiger partial charge in [0.1, 0.15) is 0 Å². The molecule has 1 heterocycles. The van der Waals surface area contributed by atoms with Crippen LogP contribution in [0.5, 0.6) is 0 Å². The molecule has 0 unspecified atom stereocenters. The van der Waals surface area contributed by atoms with E-state index in [1.165, 1.54) is 11.1 Å². The third-order valence-electron chi connectivity index (χ3n) is 3.44. The molecule has 0 saturated heterocycles. The molecular formula is C17H17NO. The first-order valence-corrected chi connectivity index (χ1v) is 6.59. The van der Waals surface area contributed by atoms with E-state index < -0.39 is 0 Å². The van der Waals surface area contributed by atoms with E-state index in [0.717, 1.165) is 5.69 Å². The van der Waals surface area contributed by atoms with Gasteiger partial charge in [0.15, 0.2) is 0 Å². The van der Waals surface area contributed by atoms with Crippen molar-refractivity contribution in [2.24, 2.45) is 0 Å². The maximum absolute atomic E-state index is 5.78. The molecule has 1 atom stereocenters. The minimum Gasteiger partial charge on any atom is -0.269 e. The first kappa shape index (κ1) is 12.0. The summed E-state index contributed by atoms with van der Waals surface area (Å²) < 4.78 is 0. The Hall–Kier alpha value is -2.06. The molecule has 3 rings (SSSR count). The molecule has 0 radical (unpaired) electrons. The molecule has 0 fully saturated rings. The topological polar surface area (TPSA) is 12.5 Å². The Morgan fingerprint density at radius 3 is 2.26 bits per heavy atom. The first-order chi connectivity index (χ1) is 9.36. The lowest BCUT2D eigenvalue weighted by atomic mass is 9.98. The monoisotopic (exact) mass is 251 g/mol. The highest BCUT2D eigenvalue weighted by Gasteiger charge is 2.23. The second kappa shape index (κ2) is 5.29. The summed E-state index contributed by atoms with van der Waals surface area (Å²) in [6, 6.07) is 20.9. The molecule has 96 valence electrons. The van der Waals surface area contributed by atoms with Crippen LogP contribution in [0.15, 0.2) is 66.7 Å². The van der Waals surface area contributed by atoms with Gasteiger partial charge in [-0.05, 0) is 30.2 Å². The van der Waals surface area contributed by atoms with Gasteiger partial charge in [-0.2, -0.15) is 0 Å². The number of hydrogen-bond donors (Lipinski definition) is 0. The van der Waals surface area contributed by atoms with Gasteiger partial charge in [0.05, 0.1) is 18.3 Å². The maximum Gasteiger partial charge on any atom is 0.0937 e. The predicted octanol–water partition coefficient (Wildman–Crippen LogP) is 3.91. The standard InChI is InChI=1S/C17H17NO/c1-14-17(15-8-4-2-5-9-15)12-13-19-18(14)16-10-6-3-7-11-16/h2-12,14H,13H2,1H3/t14-/m0/s1. The Kier molecular flexibility index (Phi) is 3.34. The quantitative estimate of drug-likeness (QED) is 0.802. The molecule has 0 bridgehead atoms. The summed E-state index contributed by atoms with van der Waals surface area (Å²) >= 11 is 0. The second-order valence-electron chi connectivity index (χ2n) is 4.66. The smallest absolute Gasteiger partial charge is 0.0937 e. The molecule has 0 saturated carbocycles. The highest BCUT2D eigenvalue weighted by atomic mass is 16.7. The lowest BCUT2D eigenvalue weighted by Crippen LogP contribution is -2.37. The van der Waals surface area contributed by atoms with Crippen LogP contribution in [0.1, 0.15) is 12.5 Å². The molecule has 0 aliphatic carbocycles. The molecule has 0 aromatic heterocycles. The van der Waals surface area contributed by atoms with Gasteiger partial charge in [0.2, 0.25) is 0 Å². The molecule has 2 aromatic carbocycles. The number of rotatable bonds is 2. The summed E-state index contributed by atoms with van der Waals surface area (Å²) in [6.45, 7) is 2.79. The number of anilines is 1. The molecule has 0 amide bonds. The van der Waals surface area contributed by atoms with Gasteiger partial charge >= 0.3 is 0 Å². The number of para-hydroxylation sites is 1. The second-order valence-corrected chi connectivity index (χ2v) is 4.66. The largest absolute Gasteiger partial charge is 0.269 e. The summed E-state index contributed by atoms with van der Waals surface area (Å²) in [7, 11) is 0. The average molecular weight is 251 g/mol. The summed E-state index contributed by atoms with van der Waals surface area (Å²) in [5.41, 5.74) is 3.67. The Balaban J connectivity index is 1.91. The normalized spacial score (nSPS) is 19.1. The molecule has 2 nitrogen and oxygen atoms in total. The third-order valence-corrected chi connectivity index (χ3v) is 3.44. The van der Waals surface area contributed by atoms with Crippen molar-refractivity contribution in [3.8, 4) is 0 Å². The minimum atomic E-state index is 0.207. The summed E-state index contributed by atoms with van der Waals surface area (Å²) in [5, 5.41) is 1.99. The molecular weight excluding hydrogens is 234 g/mol. The lowest BCUT2D eigenvalue weighted by Gasteiger charge is -2.35. The molecule has 1 aliphatic rings. The molecule has 2 heteroatoms. The van der Waals surface area contributed by atoms with Crippen LogP contribution in [0.2, 0.25) is 0 Å². The molecule has 0 N–H and O–H groups in total. The molecule has 19 heavy (non-hydrogen) atoms. The average Bonchev–Trinajstić information content (AvgIpc) is 2.49. The van der Waals surface area contributed by atoms with Crippen molar-refractivity contribution in [1.82, 2.24) is 0 Å². The third kappa shape index (κ3) is 2.40. The van der Waals surface area contributed by atoms with Crippen LogP contribution in [0.25, 0.3) is 5.57 Å². The number of benzene rings is 2. The SMILES string of the molecule is C[C@H]1C(c2ccccc2)=CCON1c1ccccc1. The molecule has 2 aromatic rings. The van der Waals surface area contributed by atoms with Crippen molar-refractivity contribution in [2.45, 2.75) is 13.0 Å². The van der Waals surface area contributed by atoms with E-state index in [1.54, 1.807) is 0 Å². The fourth-order valence-corrected chi connectivity index (χ4v) is 2.48. The zero-order valence-electron chi connectivity index (χ0n) is 11.0. The Bertz CT molecular complexity index is 562. The maximum atomic E-state index is 5.78. The lowest BCUT2D eigenvalue weighted by molar-refractivity contribution is 0.116. The predicted molar refractivity (Wildman–Crippen MR) is 78.8 cm³/mol. The van der Waals surface area contributed by atoms with Crippen LogP contribution in [0.4, 0.5) is 5.69 Å². The van der Waals surface area contributed by atoms with E-state index in [-0.39, 0.29) is 6.04 Å². The van der Waals surface area contributed by atoms with E-state index in [1.807, 2.05) is 29.3 Å². The first-order valence-electron chi connectivity index (χ1n) is 6.59. The van der Waals surface area contributed by atoms with E-state index in [2.05, 4.69) is 49.4 Å². The van der Waals surface area contributed by atoms with Crippen molar-refractivity contribution in [3.63, 3.8) is 0 Å². The van der Waals surface area contributed by atoms with Gasteiger partial charge in [-0.15, -0.1) is 0 Å². The van der Waals surface area contributed by atoms with E-state index in [4.69, 9.17) is 4.84 Å². The van der Waals surface area contributed by atoms with Gasteiger partial charge in [-0.1, -0.05) is 54.6 Å². The highest BCUT2D eigenvalue weighted by molar-refractivity contribution is 5.73. The van der Waals surface area contributed by atoms with E-state index in [9.17, 15) is 0 Å². The van der Waals surface area contributed by atoms with Crippen molar-refractivity contribution in [1.29, 1.82) is 0 Å². The van der Waals surface area contributed by atoms with Gasteiger partial charge in [-0.3, -0.25) is 4.84 Å². The number of hydroxylamine groups is 1. The van der Waals surface area contributed by atoms with Crippen LogP contribution in [0, 0.1) is 0 Å². The zero-order chi connectivity index (χ0) is 13.1. The number of nitrogens with zero attached hydrogens (tertiary/aromatic N) is 1. The van der Waals surface area contributed by atoms with Gasteiger partial charge in [0, 0.05) is 0 Å². The van der Waals surface area contributed by atoms with Crippen LogP contribution in [-0.2, 0) is 4.84 Å². The highest BCUT2D eigenvalue weighted by Crippen LogP contribution is 2.29. The van der Waals surface area contributed by atoms with Crippen molar-refractivity contribution in [3.05, 3.63) is 72.3 Å². The fourth-order valence-electron chi connectivity index (χ4n) is 2.48. The molecule has 1 aliphatic heterocycles. The summed E-state index contributed by atoms with van der Waals surface area (Å²) in [4.78, 5) is 5.78. The Morgan fingerprint density at radius 2 is 1.58 bits per heavy atom. The van der Waals surface area contributed by atoms with Crippen LogP contribution < -0.4 is 5.06 Å². The van der Waals surface area contributed by atoms with Crippen LogP contribution in [-0.4, -0.2) is 12.6 Å². The van der Waals surface area contributed by atoms with Crippen LogP contribution >= 0.6 is 0 Å². The minimum absolute atomic E-state index is 0.207. The van der Waals surface area contributed by atoms with Gasteiger partial charge < -0.3 is 0 Å². The fraction of sp³-hybridized carbons (Fsp3) is 0.176. The number of hydrogen-bond acceptors (Lipinski definition) is 2. The zero-order valence-corrected chi connectivity index (χ0v) is 11.0. The Morgan fingerprint density at radius 1 is 0.947 bits per heavy atom. The van der Waals surface area contributed by atoms with E-state index >= 15 is 0 Å². The van der Waals surface area contributed by atoms with Crippen LogP contribution in [0.3, 0.4) is 0 Å². The van der Waals surface area contributed by atoms with Gasteiger partial charge in [0.25, 0.3) is 0 Å².